The van der Waals surface area contributed by atoms with E-state index in [0.717, 1.165) is 11.3 Å². The van der Waals surface area contributed by atoms with Crippen LogP contribution in [-0.4, -0.2) is 20.4 Å². The summed E-state index contributed by atoms with van der Waals surface area (Å²) in [6, 6.07) is 17.0. The minimum Gasteiger partial charge on any atom is -0.492 e. The molecule has 1 N–H and O–H groups in total. The number of para-hydroxylation sites is 1. The number of hydrogen-bond donors (Lipinski definition) is 1. The van der Waals surface area contributed by atoms with Crippen LogP contribution < -0.4 is 4.80 Å². The maximum atomic E-state index is 11.8. The molecule has 156 valence electrons. The van der Waals surface area contributed by atoms with Crippen LogP contribution in [0.1, 0.15) is 27.9 Å². The maximum absolute atomic E-state index is 11.8. The van der Waals surface area contributed by atoms with E-state index in [1.807, 2.05) is 61.5 Å². The summed E-state index contributed by atoms with van der Waals surface area (Å²) in [6.45, 7) is 5.29. The van der Waals surface area contributed by atoms with Crippen molar-refractivity contribution in [2.45, 2.75) is 20.8 Å². The molecule has 7 nitrogen and oxygen atoms in total. The number of benzene rings is 2. The van der Waals surface area contributed by atoms with Gasteiger partial charge in [-0.3, -0.25) is 9.36 Å². The van der Waals surface area contributed by atoms with Gasteiger partial charge in [0.1, 0.15) is 0 Å². The Kier molecular flexibility index (Phi) is 5.88. The van der Waals surface area contributed by atoms with Gasteiger partial charge in [0.05, 0.1) is 21.9 Å². The monoisotopic (exact) mass is 449 g/mol. The third kappa shape index (κ3) is 4.52. The van der Waals surface area contributed by atoms with Crippen molar-refractivity contribution in [1.29, 1.82) is 0 Å². The summed E-state index contributed by atoms with van der Waals surface area (Å²) in [5.41, 5.74) is 3.18. The third-order valence-electron chi connectivity index (χ3n) is 4.38. The van der Waals surface area contributed by atoms with E-state index in [-0.39, 0.29) is 11.7 Å². The Morgan fingerprint density at radius 3 is 2.35 bits per heavy atom. The highest BCUT2D eigenvalue weighted by molar-refractivity contribution is 7.17. The Bertz CT molecular complexity index is 1330. The number of aryl methyl sites for hydroxylation is 2. The van der Waals surface area contributed by atoms with Crippen molar-refractivity contribution in [2.24, 2.45) is 15.2 Å². The van der Waals surface area contributed by atoms with Crippen molar-refractivity contribution in [2.75, 3.05) is 0 Å². The van der Waals surface area contributed by atoms with Crippen LogP contribution in [0.3, 0.4) is 0 Å². The number of aromatic hydroxyl groups is 1. The smallest absolute Gasteiger partial charge is 0.237 e. The summed E-state index contributed by atoms with van der Waals surface area (Å²) in [5, 5.41) is 20.1. The van der Waals surface area contributed by atoms with Gasteiger partial charge in [-0.15, -0.1) is 10.2 Å². The van der Waals surface area contributed by atoms with E-state index in [1.165, 1.54) is 29.6 Å². The van der Waals surface area contributed by atoms with E-state index in [4.69, 9.17) is 0 Å². The number of Topliss-reactive ketones (excluding diaryl/α,β-unsaturated/α-hetero) is 1. The van der Waals surface area contributed by atoms with Gasteiger partial charge in [0, 0.05) is 6.92 Å². The normalized spacial score (nSPS) is 12.0. The fourth-order valence-corrected chi connectivity index (χ4v) is 4.61. The van der Waals surface area contributed by atoms with Crippen molar-refractivity contribution in [1.82, 2.24) is 9.55 Å². The largest absolute Gasteiger partial charge is 0.492 e. The molecule has 0 spiro atoms. The Hall–Kier alpha value is -3.43. The van der Waals surface area contributed by atoms with Gasteiger partial charge in [-0.05, 0) is 38.1 Å². The first-order chi connectivity index (χ1) is 14.9. The minimum atomic E-state index is -0.0640. The van der Waals surface area contributed by atoms with Crippen LogP contribution in [0.2, 0.25) is 0 Å². The molecule has 0 aliphatic heterocycles. The van der Waals surface area contributed by atoms with Gasteiger partial charge < -0.3 is 5.11 Å². The Morgan fingerprint density at radius 2 is 1.71 bits per heavy atom. The molecule has 0 atom stereocenters. The fraction of sp³-hybridized carbons (Fsp3) is 0.136. The molecule has 9 heteroatoms. The summed E-state index contributed by atoms with van der Waals surface area (Å²) in [7, 11) is 0. The number of azo groups is 1. The second-order valence-electron chi connectivity index (χ2n) is 6.80. The van der Waals surface area contributed by atoms with Crippen molar-refractivity contribution in [3.63, 3.8) is 0 Å². The van der Waals surface area contributed by atoms with Gasteiger partial charge >= 0.3 is 0 Å². The highest BCUT2D eigenvalue weighted by Crippen LogP contribution is 2.34. The van der Waals surface area contributed by atoms with Crippen LogP contribution >= 0.6 is 22.7 Å². The van der Waals surface area contributed by atoms with E-state index in [9.17, 15) is 9.90 Å². The molecule has 0 amide bonds. The van der Waals surface area contributed by atoms with Crippen LogP contribution in [0.4, 0.5) is 15.8 Å². The zero-order valence-electron chi connectivity index (χ0n) is 17.1. The Labute approximate surface area is 186 Å². The average molecular weight is 450 g/mol. The number of carbonyl (C=O) groups is 1. The van der Waals surface area contributed by atoms with Gasteiger partial charge in [0.15, 0.2) is 5.78 Å². The molecular weight excluding hydrogens is 430 g/mol. The van der Waals surface area contributed by atoms with E-state index in [1.54, 1.807) is 11.5 Å². The molecule has 0 aliphatic carbocycles. The average Bonchev–Trinajstić information content (AvgIpc) is 3.27. The predicted octanol–water partition coefficient (Wildman–Crippen LogP) is 6.17. The molecule has 0 bridgehead atoms. The van der Waals surface area contributed by atoms with Gasteiger partial charge in [0.25, 0.3) is 0 Å². The molecule has 0 unspecified atom stereocenters. The predicted molar refractivity (Wildman–Crippen MR) is 123 cm³/mol. The summed E-state index contributed by atoms with van der Waals surface area (Å²) in [5.74, 6) is -0.111. The van der Waals surface area contributed by atoms with Crippen molar-refractivity contribution < 1.29 is 9.90 Å². The number of carbonyl (C=O) groups excluding carboxylic acids is 1. The van der Waals surface area contributed by atoms with Crippen LogP contribution in [0, 0.1) is 13.8 Å². The first kappa shape index (κ1) is 20.8. The van der Waals surface area contributed by atoms with Crippen molar-refractivity contribution in [3.05, 3.63) is 75.5 Å². The molecule has 0 radical (unpaired) electrons. The van der Waals surface area contributed by atoms with Crippen molar-refractivity contribution in [3.8, 4) is 11.6 Å². The summed E-state index contributed by atoms with van der Waals surface area (Å²) in [4.78, 5) is 21.8. The van der Waals surface area contributed by atoms with E-state index >= 15 is 0 Å². The zero-order valence-corrected chi connectivity index (χ0v) is 18.7. The summed E-state index contributed by atoms with van der Waals surface area (Å²) >= 11 is 2.41. The molecule has 0 fully saturated rings. The van der Waals surface area contributed by atoms with Gasteiger partial charge in [0.2, 0.25) is 20.8 Å². The molecule has 0 saturated carbocycles. The molecule has 0 saturated heterocycles. The second-order valence-corrected chi connectivity index (χ2v) is 8.73. The number of rotatable bonds is 5. The Morgan fingerprint density at radius 1 is 1.00 bits per heavy atom. The quantitative estimate of drug-likeness (QED) is 0.292. The SMILES string of the molecule is CC(=O)c1sc(/N=c2\sc(N=Nc3ccc(C)cc3)c(O)n2-c2ccccc2)nc1C. The van der Waals surface area contributed by atoms with Gasteiger partial charge in [-0.2, -0.15) is 4.99 Å². The number of thiazole rings is 2. The molecule has 2 aromatic carbocycles. The lowest BCUT2D eigenvalue weighted by Gasteiger charge is -2.03. The van der Waals surface area contributed by atoms with Gasteiger partial charge in [-0.1, -0.05) is 58.6 Å². The van der Waals surface area contributed by atoms with Crippen molar-refractivity contribution >= 4 is 44.3 Å². The van der Waals surface area contributed by atoms with Gasteiger partial charge in [-0.25, -0.2) is 4.98 Å². The number of hydrogen-bond acceptors (Lipinski definition) is 8. The van der Waals surface area contributed by atoms with Crippen LogP contribution in [0.25, 0.3) is 5.69 Å². The standard InChI is InChI=1S/C22H19N5O2S2/c1-13-9-11-16(12-10-13)25-26-19-20(29)27(17-7-5-4-6-8-17)22(31-19)24-21-23-14(2)18(30-21)15(3)28/h4-12,29H,1-3H3/b24-22-,26-25?. The topological polar surface area (TPSA) is 92.2 Å². The molecule has 2 heterocycles. The molecule has 4 aromatic rings. The molecule has 0 aliphatic rings. The zero-order chi connectivity index (χ0) is 22.0. The molecule has 4 rings (SSSR count). The second kappa shape index (κ2) is 8.75. The van der Waals surface area contributed by atoms with Crippen LogP contribution in [-0.2, 0) is 0 Å². The highest BCUT2D eigenvalue weighted by Gasteiger charge is 2.16. The molecular formula is C22H19N5O2S2. The lowest BCUT2D eigenvalue weighted by Crippen LogP contribution is -2.11. The highest BCUT2D eigenvalue weighted by atomic mass is 32.1. The van der Waals surface area contributed by atoms with Crippen LogP contribution in [0.5, 0.6) is 5.88 Å². The number of nitrogens with zero attached hydrogens (tertiary/aromatic N) is 5. The number of aromatic nitrogens is 2. The first-order valence-electron chi connectivity index (χ1n) is 9.44. The van der Waals surface area contributed by atoms with E-state index in [0.29, 0.717) is 31.2 Å². The first-order valence-corrected chi connectivity index (χ1v) is 11.1. The third-order valence-corrected chi connectivity index (χ3v) is 6.45. The van der Waals surface area contributed by atoms with E-state index < -0.39 is 0 Å². The molecule has 31 heavy (non-hydrogen) atoms. The van der Waals surface area contributed by atoms with Crippen LogP contribution in [0.15, 0.2) is 69.8 Å². The fourth-order valence-electron chi connectivity index (χ4n) is 2.86. The maximum Gasteiger partial charge on any atom is 0.237 e. The summed E-state index contributed by atoms with van der Waals surface area (Å²) in [6.07, 6.45) is 0. The molecule has 2 aromatic heterocycles. The lowest BCUT2D eigenvalue weighted by atomic mass is 10.2. The summed E-state index contributed by atoms with van der Waals surface area (Å²) < 4.78 is 1.60. The minimum absolute atomic E-state index is 0.0472. The van der Waals surface area contributed by atoms with E-state index in [2.05, 4.69) is 20.2 Å². The number of ketones is 1. The Balaban J connectivity index is 1.84. The lowest BCUT2D eigenvalue weighted by molar-refractivity contribution is 0.102.